The second-order valence-corrected chi connectivity index (χ2v) is 4.50. The number of alkyl halides is 1. The number of rotatable bonds is 3. The maximum atomic E-state index is 14.5. The van der Waals surface area contributed by atoms with Crippen molar-refractivity contribution in [2.24, 2.45) is 0 Å². The molecule has 4 heteroatoms. The van der Waals surface area contributed by atoms with Crippen LogP contribution >= 0.6 is 0 Å². The Morgan fingerprint density at radius 2 is 2.17 bits per heavy atom. The standard InChI is InChI=1S/C14H13FO3/c1-9(2)8-18-13(17)14(15)7-10-5-3-4-6-11(10)12(14)16/h3-6H,1,7-8H2,2H3. The highest BCUT2D eigenvalue weighted by molar-refractivity contribution is 6.18. The highest BCUT2D eigenvalue weighted by atomic mass is 19.1. The van der Waals surface area contributed by atoms with Crippen LogP contribution < -0.4 is 0 Å². The SMILES string of the molecule is C=C(C)COC(=O)C1(F)Cc2ccccc2C1=O. The van der Waals surface area contributed by atoms with Gasteiger partial charge in [-0.25, -0.2) is 9.18 Å². The zero-order valence-electron chi connectivity index (χ0n) is 10.0. The Morgan fingerprint density at radius 3 is 2.78 bits per heavy atom. The molecule has 2 rings (SSSR count). The molecule has 0 N–H and O–H groups in total. The Bertz CT molecular complexity index is 536. The van der Waals surface area contributed by atoms with Crippen molar-refractivity contribution in [2.45, 2.75) is 19.0 Å². The van der Waals surface area contributed by atoms with Gasteiger partial charge in [-0.15, -0.1) is 0 Å². The van der Waals surface area contributed by atoms with Crippen molar-refractivity contribution < 1.29 is 18.7 Å². The molecule has 1 unspecified atom stereocenters. The molecule has 3 nitrogen and oxygen atoms in total. The van der Waals surface area contributed by atoms with Gasteiger partial charge < -0.3 is 4.74 Å². The summed E-state index contributed by atoms with van der Waals surface area (Å²) < 4.78 is 19.2. The van der Waals surface area contributed by atoms with Gasteiger partial charge in [0.15, 0.2) is 0 Å². The topological polar surface area (TPSA) is 43.4 Å². The van der Waals surface area contributed by atoms with E-state index in [0.717, 1.165) is 0 Å². The van der Waals surface area contributed by atoms with Gasteiger partial charge in [-0.2, -0.15) is 0 Å². The Kier molecular flexibility index (Phi) is 3.03. The fraction of sp³-hybridized carbons (Fsp3) is 0.286. The summed E-state index contributed by atoms with van der Waals surface area (Å²) in [5.74, 6) is -1.95. The summed E-state index contributed by atoms with van der Waals surface area (Å²) in [7, 11) is 0. The van der Waals surface area contributed by atoms with Crippen molar-refractivity contribution in [1.29, 1.82) is 0 Å². The van der Waals surface area contributed by atoms with Crippen LogP contribution in [-0.4, -0.2) is 24.0 Å². The molecule has 0 heterocycles. The van der Waals surface area contributed by atoms with Crippen molar-refractivity contribution in [3.63, 3.8) is 0 Å². The number of esters is 1. The zero-order chi connectivity index (χ0) is 13.3. The highest BCUT2D eigenvalue weighted by Crippen LogP contribution is 2.34. The first-order valence-corrected chi connectivity index (χ1v) is 5.58. The number of Topliss-reactive ketones (excluding diaryl/α,β-unsaturated/α-hetero) is 1. The summed E-state index contributed by atoms with van der Waals surface area (Å²) in [5.41, 5.74) is -1.20. The fourth-order valence-corrected chi connectivity index (χ4v) is 1.92. The smallest absolute Gasteiger partial charge is 0.352 e. The number of benzene rings is 1. The van der Waals surface area contributed by atoms with Crippen molar-refractivity contribution in [2.75, 3.05) is 6.61 Å². The van der Waals surface area contributed by atoms with E-state index in [2.05, 4.69) is 6.58 Å². The minimum Gasteiger partial charge on any atom is -0.458 e. The summed E-state index contributed by atoms with van der Waals surface area (Å²) in [6.45, 7) is 5.13. The third-order valence-electron chi connectivity index (χ3n) is 2.83. The predicted octanol–water partition coefficient (Wildman–Crippen LogP) is 2.25. The first kappa shape index (κ1) is 12.5. The van der Waals surface area contributed by atoms with Crippen molar-refractivity contribution >= 4 is 11.8 Å². The van der Waals surface area contributed by atoms with E-state index in [1.165, 1.54) is 6.07 Å². The van der Waals surface area contributed by atoms with Crippen LogP contribution in [-0.2, 0) is 16.0 Å². The Morgan fingerprint density at radius 1 is 1.50 bits per heavy atom. The third-order valence-corrected chi connectivity index (χ3v) is 2.83. The molecule has 1 aromatic rings. The lowest BCUT2D eigenvalue weighted by atomic mass is 10.0. The van der Waals surface area contributed by atoms with Crippen LogP contribution in [0, 0.1) is 0 Å². The van der Waals surface area contributed by atoms with Crippen molar-refractivity contribution in [3.05, 3.63) is 47.5 Å². The predicted molar refractivity (Wildman–Crippen MR) is 64.1 cm³/mol. The number of carbonyl (C=O) groups excluding carboxylic acids is 2. The van der Waals surface area contributed by atoms with E-state index in [9.17, 15) is 14.0 Å². The Balaban J connectivity index is 2.22. The third kappa shape index (κ3) is 1.94. The molecule has 0 fully saturated rings. The molecule has 0 saturated heterocycles. The molecule has 0 radical (unpaired) electrons. The number of ketones is 1. The molecule has 1 aliphatic carbocycles. The van der Waals surface area contributed by atoms with Gasteiger partial charge in [-0.05, 0) is 18.1 Å². The van der Waals surface area contributed by atoms with Gasteiger partial charge in [-0.1, -0.05) is 30.8 Å². The van der Waals surface area contributed by atoms with E-state index in [4.69, 9.17) is 4.74 Å². The van der Waals surface area contributed by atoms with Crippen molar-refractivity contribution in [3.8, 4) is 0 Å². The average Bonchev–Trinajstić information content (AvgIpc) is 2.60. The van der Waals surface area contributed by atoms with E-state index < -0.39 is 17.4 Å². The molecule has 1 atom stereocenters. The number of hydrogen-bond acceptors (Lipinski definition) is 3. The molecule has 0 aromatic heterocycles. The maximum absolute atomic E-state index is 14.5. The molecule has 1 aromatic carbocycles. The van der Waals surface area contributed by atoms with Gasteiger partial charge in [0.1, 0.15) is 6.61 Å². The normalized spacial score (nSPS) is 21.6. The van der Waals surface area contributed by atoms with Crippen LogP contribution in [0.1, 0.15) is 22.8 Å². The van der Waals surface area contributed by atoms with Gasteiger partial charge >= 0.3 is 5.97 Å². The Hall–Kier alpha value is -1.97. The second kappa shape index (κ2) is 4.37. The summed E-state index contributed by atoms with van der Waals surface area (Å²) in [6, 6.07) is 6.50. The fourth-order valence-electron chi connectivity index (χ4n) is 1.92. The molecule has 18 heavy (non-hydrogen) atoms. The van der Waals surface area contributed by atoms with Crippen LogP contribution in [0.2, 0.25) is 0 Å². The van der Waals surface area contributed by atoms with Gasteiger partial charge in [0.25, 0.3) is 5.67 Å². The minimum absolute atomic E-state index is 0.0753. The van der Waals surface area contributed by atoms with Gasteiger partial charge in [-0.3, -0.25) is 4.79 Å². The number of carbonyl (C=O) groups is 2. The molecular weight excluding hydrogens is 235 g/mol. The van der Waals surface area contributed by atoms with Crippen LogP contribution in [0.5, 0.6) is 0 Å². The lowest BCUT2D eigenvalue weighted by Gasteiger charge is -2.15. The molecule has 0 bridgehead atoms. The average molecular weight is 248 g/mol. The molecule has 0 aliphatic heterocycles. The highest BCUT2D eigenvalue weighted by Gasteiger charge is 2.53. The first-order valence-electron chi connectivity index (χ1n) is 5.58. The lowest BCUT2D eigenvalue weighted by Crippen LogP contribution is -2.41. The zero-order valence-corrected chi connectivity index (χ0v) is 10.0. The van der Waals surface area contributed by atoms with Crippen LogP contribution in [0.3, 0.4) is 0 Å². The number of ether oxygens (including phenoxy) is 1. The quantitative estimate of drug-likeness (QED) is 0.468. The van der Waals surface area contributed by atoms with E-state index in [1.807, 2.05) is 0 Å². The number of hydrogen-bond donors (Lipinski definition) is 0. The van der Waals surface area contributed by atoms with Gasteiger partial charge in [0, 0.05) is 12.0 Å². The summed E-state index contributed by atoms with van der Waals surface area (Å²) in [6.07, 6.45) is -0.253. The first-order chi connectivity index (χ1) is 8.45. The van der Waals surface area contributed by atoms with Crippen molar-refractivity contribution in [1.82, 2.24) is 0 Å². The molecule has 0 saturated carbocycles. The van der Waals surface area contributed by atoms with Crippen LogP contribution in [0.15, 0.2) is 36.4 Å². The molecule has 94 valence electrons. The number of fused-ring (bicyclic) bond motifs is 1. The van der Waals surface area contributed by atoms with Gasteiger partial charge in [0.2, 0.25) is 5.78 Å². The van der Waals surface area contributed by atoms with Crippen LogP contribution in [0.4, 0.5) is 4.39 Å². The van der Waals surface area contributed by atoms with Gasteiger partial charge in [0.05, 0.1) is 0 Å². The Labute approximate surface area is 104 Å². The second-order valence-electron chi connectivity index (χ2n) is 4.50. The van der Waals surface area contributed by atoms with E-state index in [1.54, 1.807) is 25.1 Å². The maximum Gasteiger partial charge on any atom is 0.352 e. The van der Waals surface area contributed by atoms with E-state index in [0.29, 0.717) is 11.1 Å². The molecular formula is C14H13FO3. The lowest BCUT2D eigenvalue weighted by molar-refractivity contribution is -0.152. The summed E-state index contributed by atoms with van der Waals surface area (Å²) in [5, 5.41) is 0. The molecule has 0 amide bonds. The van der Waals surface area contributed by atoms with Crippen LogP contribution in [0.25, 0.3) is 0 Å². The summed E-state index contributed by atoms with van der Waals surface area (Å²) in [4.78, 5) is 23.6. The number of halogens is 1. The largest absolute Gasteiger partial charge is 0.458 e. The minimum atomic E-state index is -2.58. The monoisotopic (exact) mass is 248 g/mol. The summed E-state index contributed by atoms with van der Waals surface area (Å²) >= 11 is 0. The van der Waals surface area contributed by atoms with E-state index in [-0.39, 0.29) is 18.6 Å². The molecule has 1 aliphatic rings. The molecule has 0 spiro atoms. The van der Waals surface area contributed by atoms with E-state index >= 15 is 0 Å².